The highest BCUT2D eigenvalue weighted by molar-refractivity contribution is 7.33. The van der Waals surface area contributed by atoms with E-state index in [1.807, 2.05) is 0 Å². The van der Waals surface area contributed by atoms with Gasteiger partial charge in [0.05, 0.1) is 0 Å². The second-order valence-electron chi connectivity index (χ2n) is 7.67. The molecule has 0 aliphatic rings. The molecule has 0 bridgehead atoms. The summed E-state index contributed by atoms with van der Waals surface area (Å²) in [5.74, 6) is 2.41. The zero-order chi connectivity index (χ0) is 17.0. The minimum absolute atomic E-state index is 0.449. The van der Waals surface area contributed by atoms with Crippen LogP contribution in [0.2, 0.25) is 0 Å². The quantitative estimate of drug-likeness (QED) is 0.336. The van der Waals surface area contributed by atoms with E-state index in [4.69, 9.17) is 9.05 Å². The molecular weight excluding hydrogens is 295 g/mol. The van der Waals surface area contributed by atoms with Crippen LogP contribution >= 0.6 is 8.25 Å². The summed E-state index contributed by atoms with van der Waals surface area (Å²) in [5, 5.41) is 0. The highest BCUT2D eigenvalue weighted by Gasteiger charge is 2.23. The largest absolute Gasteiger partial charge is 0.697 e. The molecular formula is C18H38O3P+. The second-order valence-corrected chi connectivity index (χ2v) is 8.64. The third-order valence-corrected chi connectivity index (χ3v) is 4.61. The minimum atomic E-state index is -1.95. The highest BCUT2D eigenvalue weighted by Crippen LogP contribution is 2.27. The van der Waals surface area contributed by atoms with Gasteiger partial charge >= 0.3 is 8.25 Å². The minimum Gasteiger partial charge on any atom is -0.119 e. The Morgan fingerprint density at radius 3 is 1.36 bits per heavy atom. The molecule has 0 radical (unpaired) electrons. The van der Waals surface area contributed by atoms with E-state index in [0.717, 1.165) is 24.7 Å². The van der Waals surface area contributed by atoms with E-state index in [2.05, 4.69) is 41.5 Å². The molecule has 3 nitrogen and oxygen atoms in total. The van der Waals surface area contributed by atoms with Gasteiger partial charge in [-0.1, -0.05) is 67.2 Å². The molecule has 22 heavy (non-hydrogen) atoms. The van der Waals surface area contributed by atoms with Gasteiger partial charge in [0.15, 0.2) is 0 Å². The molecule has 2 atom stereocenters. The van der Waals surface area contributed by atoms with Crippen molar-refractivity contribution in [1.82, 2.24) is 0 Å². The molecule has 0 fully saturated rings. The molecule has 0 spiro atoms. The molecule has 0 N–H and O–H groups in total. The Balaban J connectivity index is 3.59. The van der Waals surface area contributed by atoms with Crippen LogP contribution in [-0.4, -0.2) is 13.2 Å². The molecule has 4 heteroatoms. The highest BCUT2D eigenvalue weighted by atomic mass is 31.1. The van der Waals surface area contributed by atoms with Gasteiger partial charge in [0.25, 0.3) is 0 Å². The summed E-state index contributed by atoms with van der Waals surface area (Å²) in [7, 11) is -1.95. The Kier molecular flexibility index (Phi) is 13.5. The Labute approximate surface area is 139 Å². The second kappa shape index (κ2) is 13.5. The van der Waals surface area contributed by atoms with Crippen LogP contribution in [0.4, 0.5) is 0 Å². The van der Waals surface area contributed by atoms with Gasteiger partial charge in [-0.3, -0.25) is 0 Å². The van der Waals surface area contributed by atoms with Gasteiger partial charge in [-0.15, -0.1) is 9.05 Å². The zero-order valence-corrected chi connectivity index (χ0v) is 16.5. The lowest BCUT2D eigenvalue weighted by Gasteiger charge is -2.09. The average Bonchev–Trinajstić information content (AvgIpc) is 2.42. The van der Waals surface area contributed by atoms with E-state index in [1.165, 1.54) is 25.7 Å². The van der Waals surface area contributed by atoms with E-state index in [0.29, 0.717) is 25.0 Å². The van der Waals surface area contributed by atoms with Crippen LogP contribution in [0.15, 0.2) is 0 Å². The summed E-state index contributed by atoms with van der Waals surface area (Å²) >= 11 is 0. The average molecular weight is 333 g/mol. The van der Waals surface area contributed by atoms with Crippen LogP contribution in [-0.2, 0) is 13.6 Å². The smallest absolute Gasteiger partial charge is 0.119 e. The van der Waals surface area contributed by atoms with Gasteiger partial charge in [0.1, 0.15) is 13.2 Å². The molecule has 132 valence electrons. The molecule has 2 unspecified atom stereocenters. The van der Waals surface area contributed by atoms with Crippen molar-refractivity contribution in [3.8, 4) is 0 Å². The van der Waals surface area contributed by atoms with Crippen LogP contribution in [0.3, 0.4) is 0 Å². The Morgan fingerprint density at radius 2 is 1.05 bits per heavy atom. The predicted molar refractivity (Wildman–Crippen MR) is 95.2 cm³/mol. The standard InChI is InChI=1S/C18H38O3P/c1-15(2)9-7-11-17(5)13-20-22(19)21-14-18(6)12-8-10-16(3)4/h15-18H,7-14H2,1-6H3/q+1. The summed E-state index contributed by atoms with van der Waals surface area (Å²) in [6.45, 7) is 14.4. The zero-order valence-electron chi connectivity index (χ0n) is 15.6. The first-order chi connectivity index (χ1) is 10.3. The SMILES string of the molecule is CC(C)CCCC(C)CO[P+](=O)OCC(C)CCCC(C)C. The number of hydrogen-bond donors (Lipinski definition) is 0. The lowest BCUT2D eigenvalue weighted by atomic mass is 10.0. The molecule has 0 aromatic carbocycles. The van der Waals surface area contributed by atoms with E-state index >= 15 is 0 Å². The monoisotopic (exact) mass is 333 g/mol. The normalized spacial score (nSPS) is 15.4. The lowest BCUT2D eigenvalue weighted by Crippen LogP contribution is -2.06. The van der Waals surface area contributed by atoms with Crippen molar-refractivity contribution in [2.75, 3.05) is 13.2 Å². The summed E-state index contributed by atoms with van der Waals surface area (Å²) in [4.78, 5) is 0. The first-order valence-corrected chi connectivity index (χ1v) is 10.1. The topological polar surface area (TPSA) is 35.5 Å². The predicted octanol–water partition coefficient (Wildman–Crippen LogP) is 6.60. The van der Waals surface area contributed by atoms with Crippen molar-refractivity contribution >= 4 is 8.25 Å². The molecule has 0 heterocycles. The first kappa shape index (κ1) is 22.0. The maximum atomic E-state index is 11.7. The van der Waals surface area contributed by atoms with Crippen molar-refractivity contribution in [2.45, 2.75) is 80.1 Å². The molecule has 0 aliphatic heterocycles. The summed E-state index contributed by atoms with van der Waals surface area (Å²) < 4.78 is 22.4. The third kappa shape index (κ3) is 14.9. The van der Waals surface area contributed by atoms with Crippen molar-refractivity contribution in [1.29, 1.82) is 0 Å². The summed E-state index contributed by atoms with van der Waals surface area (Å²) in [6, 6.07) is 0. The van der Waals surface area contributed by atoms with Crippen LogP contribution in [0, 0.1) is 23.7 Å². The van der Waals surface area contributed by atoms with Crippen molar-refractivity contribution < 1.29 is 13.6 Å². The summed E-state index contributed by atoms with van der Waals surface area (Å²) in [5.41, 5.74) is 0. The van der Waals surface area contributed by atoms with Gasteiger partial charge in [0, 0.05) is 4.57 Å². The molecule has 0 amide bonds. The third-order valence-electron chi connectivity index (χ3n) is 3.89. The van der Waals surface area contributed by atoms with E-state index in [1.54, 1.807) is 0 Å². The molecule has 0 saturated carbocycles. The maximum absolute atomic E-state index is 11.7. The Bertz CT molecular complexity index is 254. The first-order valence-electron chi connectivity index (χ1n) is 9.04. The Hall–Kier alpha value is 0.0200. The van der Waals surface area contributed by atoms with Gasteiger partial charge in [-0.25, -0.2) is 0 Å². The Morgan fingerprint density at radius 1 is 0.682 bits per heavy atom. The van der Waals surface area contributed by atoms with Crippen molar-refractivity contribution in [3.05, 3.63) is 0 Å². The molecule has 0 aromatic heterocycles. The molecule has 0 aliphatic carbocycles. The van der Waals surface area contributed by atoms with Crippen LogP contribution in [0.1, 0.15) is 80.1 Å². The van der Waals surface area contributed by atoms with Crippen molar-refractivity contribution in [2.24, 2.45) is 23.7 Å². The fourth-order valence-corrected chi connectivity index (χ4v) is 3.16. The molecule has 0 rings (SSSR count). The van der Waals surface area contributed by atoms with E-state index in [9.17, 15) is 4.57 Å². The van der Waals surface area contributed by atoms with Gasteiger partial charge in [-0.2, -0.15) is 0 Å². The number of hydrogen-bond acceptors (Lipinski definition) is 3. The van der Waals surface area contributed by atoms with Crippen LogP contribution in [0.5, 0.6) is 0 Å². The molecule has 0 aromatic rings. The van der Waals surface area contributed by atoms with E-state index in [-0.39, 0.29) is 0 Å². The fraction of sp³-hybridized carbons (Fsp3) is 1.00. The lowest BCUT2D eigenvalue weighted by molar-refractivity contribution is 0.177. The fourth-order valence-electron chi connectivity index (χ4n) is 2.33. The number of rotatable bonds is 14. The molecule has 0 saturated heterocycles. The van der Waals surface area contributed by atoms with Gasteiger partial charge < -0.3 is 0 Å². The van der Waals surface area contributed by atoms with Crippen LogP contribution < -0.4 is 0 Å². The van der Waals surface area contributed by atoms with Gasteiger partial charge in [-0.05, 0) is 36.5 Å². The van der Waals surface area contributed by atoms with Crippen molar-refractivity contribution in [3.63, 3.8) is 0 Å². The summed E-state index contributed by atoms with van der Waals surface area (Å²) in [6.07, 6.45) is 7.20. The van der Waals surface area contributed by atoms with E-state index < -0.39 is 8.25 Å². The van der Waals surface area contributed by atoms with Gasteiger partial charge in [0.2, 0.25) is 0 Å². The van der Waals surface area contributed by atoms with Crippen LogP contribution in [0.25, 0.3) is 0 Å². The maximum Gasteiger partial charge on any atom is 0.697 e.